The molecule has 3 nitrogen and oxygen atoms in total. The Hall–Kier alpha value is -1.46. The Morgan fingerprint density at radius 2 is 1.81 bits per heavy atom. The zero-order valence-electron chi connectivity index (χ0n) is 12.1. The highest BCUT2D eigenvalue weighted by Gasteiger charge is 2.13. The molecule has 0 aliphatic rings. The van der Waals surface area contributed by atoms with Crippen LogP contribution in [0.3, 0.4) is 0 Å². The molecule has 0 amide bonds. The van der Waals surface area contributed by atoms with Crippen molar-refractivity contribution in [3.05, 3.63) is 52.5 Å². The molecule has 0 heterocycles. The lowest BCUT2D eigenvalue weighted by Crippen LogP contribution is -1.98. The van der Waals surface area contributed by atoms with Crippen LogP contribution in [0.25, 0.3) is 0 Å². The van der Waals surface area contributed by atoms with Crippen molar-refractivity contribution in [3.8, 4) is 5.75 Å². The number of hydrogen-bond acceptors (Lipinski definition) is 3. The number of halogens is 1. The minimum atomic E-state index is -0.940. The van der Waals surface area contributed by atoms with E-state index in [1.165, 1.54) is 11.8 Å². The number of carboxylic acid groups (broad SMARTS) is 1. The normalized spacial score (nSPS) is 9.52. The van der Waals surface area contributed by atoms with Crippen LogP contribution >= 0.6 is 27.7 Å². The van der Waals surface area contributed by atoms with Crippen molar-refractivity contribution in [2.24, 2.45) is 0 Å². The maximum absolute atomic E-state index is 11.2. The lowest BCUT2D eigenvalue weighted by atomic mass is 10.2. The van der Waals surface area contributed by atoms with Crippen LogP contribution in [0.15, 0.2) is 56.7 Å². The van der Waals surface area contributed by atoms with Gasteiger partial charge in [-0.05, 0) is 30.3 Å². The molecule has 1 N–H and O–H groups in total. The molecule has 0 unspecified atom stereocenters. The van der Waals surface area contributed by atoms with Gasteiger partial charge in [-0.1, -0.05) is 53.7 Å². The predicted molar refractivity (Wildman–Crippen MR) is 89.6 cm³/mol. The summed E-state index contributed by atoms with van der Waals surface area (Å²) in [5, 5.41) is 9.20. The van der Waals surface area contributed by atoms with Crippen LogP contribution in [0.1, 0.15) is 24.2 Å². The Morgan fingerprint density at radius 3 is 2.43 bits per heavy atom. The molecule has 0 bridgehead atoms. The Bertz CT molecular complexity index is 614. The molecule has 0 saturated carbocycles. The van der Waals surface area contributed by atoms with E-state index in [1.54, 1.807) is 25.3 Å². The molecule has 2 aromatic rings. The van der Waals surface area contributed by atoms with Crippen LogP contribution in [-0.4, -0.2) is 18.2 Å². The van der Waals surface area contributed by atoms with Gasteiger partial charge >= 0.3 is 5.97 Å². The van der Waals surface area contributed by atoms with Crippen molar-refractivity contribution < 1.29 is 14.6 Å². The summed E-state index contributed by atoms with van der Waals surface area (Å²) < 4.78 is 6.11. The molecule has 0 radical (unpaired) electrons. The molecule has 0 atom stereocenters. The van der Waals surface area contributed by atoms with Crippen LogP contribution in [-0.2, 0) is 0 Å². The van der Waals surface area contributed by atoms with Gasteiger partial charge in [-0.15, -0.1) is 0 Å². The zero-order valence-corrected chi connectivity index (χ0v) is 14.5. The van der Waals surface area contributed by atoms with Gasteiger partial charge in [-0.25, -0.2) is 4.79 Å². The van der Waals surface area contributed by atoms with Crippen molar-refractivity contribution in [2.75, 3.05) is 7.11 Å². The minimum Gasteiger partial charge on any atom is -0.496 e. The number of aromatic carboxylic acids is 1. The largest absolute Gasteiger partial charge is 0.496 e. The molecule has 2 rings (SSSR count). The standard InChI is InChI=1S/C14H11BrO3S.C2H6/c1-18-11-4-2-3-5-12(11)19-13-8-9(15)6-7-10(13)14(16)17;1-2/h2-8H,1H3,(H,16,17);1-2H3. The van der Waals surface area contributed by atoms with Crippen LogP contribution in [0, 0.1) is 0 Å². The Kier molecular flexibility index (Phi) is 7.32. The van der Waals surface area contributed by atoms with Gasteiger partial charge in [-0.3, -0.25) is 0 Å². The van der Waals surface area contributed by atoms with Crippen molar-refractivity contribution >= 4 is 33.7 Å². The molecule has 0 fully saturated rings. The van der Waals surface area contributed by atoms with E-state index >= 15 is 0 Å². The minimum absolute atomic E-state index is 0.277. The zero-order chi connectivity index (χ0) is 15.8. The lowest BCUT2D eigenvalue weighted by molar-refractivity contribution is 0.0693. The number of methoxy groups -OCH3 is 1. The summed E-state index contributed by atoms with van der Waals surface area (Å²) in [7, 11) is 1.60. The van der Waals surface area contributed by atoms with Crippen molar-refractivity contribution in [1.29, 1.82) is 0 Å². The number of carbonyl (C=O) groups is 1. The fourth-order valence-corrected chi connectivity index (χ4v) is 3.18. The number of para-hydroxylation sites is 1. The number of hydrogen-bond donors (Lipinski definition) is 1. The molecule has 5 heteroatoms. The number of benzene rings is 2. The van der Waals surface area contributed by atoms with Crippen molar-refractivity contribution in [2.45, 2.75) is 23.6 Å². The van der Waals surface area contributed by atoms with E-state index in [0.717, 1.165) is 15.1 Å². The molecule has 0 aliphatic carbocycles. The van der Waals surface area contributed by atoms with Gasteiger partial charge in [0, 0.05) is 9.37 Å². The first-order valence-electron chi connectivity index (χ1n) is 6.45. The smallest absolute Gasteiger partial charge is 0.336 e. The van der Waals surface area contributed by atoms with Crippen LogP contribution in [0.4, 0.5) is 0 Å². The van der Waals surface area contributed by atoms with Gasteiger partial charge in [0.1, 0.15) is 5.75 Å². The van der Waals surface area contributed by atoms with Crippen LogP contribution in [0.5, 0.6) is 5.75 Å². The second-order valence-electron chi connectivity index (χ2n) is 3.70. The molecule has 2 aromatic carbocycles. The number of carboxylic acids is 1. The molecule has 0 spiro atoms. The van der Waals surface area contributed by atoms with Crippen LogP contribution in [0.2, 0.25) is 0 Å². The van der Waals surface area contributed by atoms with E-state index in [0.29, 0.717) is 4.90 Å². The first kappa shape index (κ1) is 17.6. The quantitative estimate of drug-likeness (QED) is 0.791. The summed E-state index contributed by atoms with van der Waals surface area (Å²) in [5.41, 5.74) is 0.277. The first-order valence-corrected chi connectivity index (χ1v) is 8.06. The third-order valence-electron chi connectivity index (χ3n) is 2.46. The molecular formula is C16H17BrO3S. The summed E-state index contributed by atoms with van der Waals surface area (Å²) in [6.07, 6.45) is 0. The van der Waals surface area contributed by atoms with E-state index in [-0.39, 0.29) is 5.56 Å². The Labute approximate surface area is 137 Å². The van der Waals surface area contributed by atoms with E-state index in [2.05, 4.69) is 15.9 Å². The number of rotatable bonds is 4. The highest BCUT2D eigenvalue weighted by molar-refractivity contribution is 9.10. The van der Waals surface area contributed by atoms with Gasteiger partial charge in [0.15, 0.2) is 0 Å². The highest BCUT2D eigenvalue weighted by Crippen LogP contribution is 2.37. The van der Waals surface area contributed by atoms with Crippen molar-refractivity contribution in [3.63, 3.8) is 0 Å². The Morgan fingerprint density at radius 1 is 1.14 bits per heavy atom. The van der Waals surface area contributed by atoms with E-state index in [1.807, 2.05) is 38.1 Å². The van der Waals surface area contributed by atoms with Gasteiger partial charge in [0.2, 0.25) is 0 Å². The third-order valence-corrected chi connectivity index (χ3v) is 4.07. The van der Waals surface area contributed by atoms with Gasteiger partial charge < -0.3 is 9.84 Å². The van der Waals surface area contributed by atoms with E-state index in [4.69, 9.17) is 4.74 Å². The molecular weight excluding hydrogens is 352 g/mol. The van der Waals surface area contributed by atoms with Crippen molar-refractivity contribution in [1.82, 2.24) is 0 Å². The fourth-order valence-electron chi connectivity index (χ4n) is 1.58. The summed E-state index contributed by atoms with van der Waals surface area (Å²) in [6, 6.07) is 12.6. The third kappa shape index (κ3) is 4.79. The highest BCUT2D eigenvalue weighted by atomic mass is 79.9. The topological polar surface area (TPSA) is 46.5 Å². The average molecular weight is 369 g/mol. The maximum Gasteiger partial charge on any atom is 0.336 e. The Balaban J connectivity index is 0.00000106. The average Bonchev–Trinajstić information content (AvgIpc) is 2.49. The lowest BCUT2D eigenvalue weighted by Gasteiger charge is -2.10. The van der Waals surface area contributed by atoms with Gasteiger partial charge in [-0.2, -0.15) is 0 Å². The SMILES string of the molecule is CC.COc1ccccc1Sc1cc(Br)ccc1C(=O)O. The second-order valence-corrected chi connectivity index (χ2v) is 5.70. The maximum atomic E-state index is 11.2. The molecule has 0 saturated heterocycles. The summed E-state index contributed by atoms with van der Waals surface area (Å²) in [6.45, 7) is 4.00. The first-order chi connectivity index (χ1) is 10.1. The summed E-state index contributed by atoms with van der Waals surface area (Å²) >= 11 is 4.73. The van der Waals surface area contributed by atoms with Gasteiger partial charge in [0.05, 0.1) is 17.6 Å². The fraction of sp³-hybridized carbons (Fsp3) is 0.188. The number of ether oxygens (including phenoxy) is 1. The van der Waals surface area contributed by atoms with Gasteiger partial charge in [0.25, 0.3) is 0 Å². The van der Waals surface area contributed by atoms with Crippen LogP contribution < -0.4 is 4.74 Å². The summed E-state index contributed by atoms with van der Waals surface area (Å²) in [4.78, 5) is 12.8. The van der Waals surface area contributed by atoms with E-state index in [9.17, 15) is 9.90 Å². The molecule has 112 valence electrons. The molecule has 21 heavy (non-hydrogen) atoms. The predicted octanol–water partition coefficient (Wildman–Crippen LogP) is 5.33. The molecule has 0 aliphatic heterocycles. The molecule has 0 aromatic heterocycles. The summed E-state index contributed by atoms with van der Waals surface area (Å²) in [5.74, 6) is -0.214. The monoisotopic (exact) mass is 368 g/mol. The second kappa shape index (κ2) is 8.74. The van der Waals surface area contributed by atoms with E-state index < -0.39 is 5.97 Å².